The quantitative estimate of drug-likeness (QED) is 0.428. The summed E-state index contributed by atoms with van der Waals surface area (Å²) in [6, 6.07) is 4.09. The first-order valence-corrected chi connectivity index (χ1v) is 7.26. The van der Waals surface area contributed by atoms with Gasteiger partial charge in [0.15, 0.2) is 5.96 Å². The largest absolute Gasteiger partial charge is 0.356 e. The van der Waals surface area contributed by atoms with Gasteiger partial charge < -0.3 is 15.5 Å². The van der Waals surface area contributed by atoms with E-state index in [1.165, 1.54) is 4.88 Å². The summed E-state index contributed by atoms with van der Waals surface area (Å²) in [6.07, 6.45) is 1.02. The van der Waals surface area contributed by atoms with Crippen LogP contribution in [0.1, 0.15) is 18.2 Å². The van der Waals surface area contributed by atoms with Gasteiger partial charge in [-0.05, 0) is 17.9 Å². The fourth-order valence-electron chi connectivity index (χ4n) is 1.29. The molecule has 0 aliphatic rings. The van der Waals surface area contributed by atoms with Gasteiger partial charge in [-0.3, -0.25) is 4.79 Å². The van der Waals surface area contributed by atoms with Crippen LogP contribution in [-0.2, 0) is 11.3 Å². The fourth-order valence-corrected chi connectivity index (χ4v) is 1.93. The van der Waals surface area contributed by atoms with E-state index in [2.05, 4.69) is 28.6 Å². The number of aliphatic imine (C=N–C) groups is 1. The van der Waals surface area contributed by atoms with Gasteiger partial charge in [-0.2, -0.15) is 0 Å². The van der Waals surface area contributed by atoms with E-state index in [1.807, 2.05) is 11.4 Å². The minimum absolute atomic E-state index is 0. The molecule has 1 aromatic heterocycles. The molecule has 1 heterocycles. The summed E-state index contributed by atoms with van der Waals surface area (Å²) >= 11 is 1.70. The van der Waals surface area contributed by atoms with Crippen molar-refractivity contribution in [3.05, 3.63) is 22.4 Å². The standard InChI is InChI=1S/C13H22N4OS.HI/c1-4-7-14-13(16-10-12(18)17(2)3)15-9-11-6-5-8-19-11;/h5-6,8H,4,7,9-10H2,1-3H3,(H2,14,15,16);1H. The van der Waals surface area contributed by atoms with Crippen LogP contribution in [0, 0.1) is 0 Å². The predicted molar refractivity (Wildman–Crippen MR) is 95.9 cm³/mol. The highest BCUT2D eigenvalue weighted by Crippen LogP contribution is 2.07. The second kappa shape index (κ2) is 10.9. The van der Waals surface area contributed by atoms with Crippen molar-refractivity contribution < 1.29 is 4.79 Å². The first-order valence-electron chi connectivity index (χ1n) is 6.38. The summed E-state index contributed by atoms with van der Waals surface area (Å²) in [4.78, 5) is 18.6. The Kier molecular flexibility index (Phi) is 10.4. The molecule has 0 unspecified atom stereocenters. The van der Waals surface area contributed by atoms with Gasteiger partial charge in [0.25, 0.3) is 0 Å². The molecule has 0 aromatic carbocycles. The summed E-state index contributed by atoms with van der Waals surface area (Å²) in [5.41, 5.74) is 0. The maximum Gasteiger partial charge on any atom is 0.243 e. The third-order valence-corrected chi connectivity index (χ3v) is 3.30. The molecule has 2 N–H and O–H groups in total. The molecule has 7 heteroatoms. The van der Waals surface area contributed by atoms with E-state index in [9.17, 15) is 4.79 Å². The fraction of sp³-hybridized carbons (Fsp3) is 0.538. The monoisotopic (exact) mass is 410 g/mol. The Hall–Kier alpha value is -0.830. The van der Waals surface area contributed by atoms with Gasteiger partial charge >= 0.3 is 0 Å². The summed E-state index contributed by atoms with van der Waals surface area (Å²) in [7, 11) is 3.46. The van der Waals surface area contributed by atoms with Crippen molar-refractivity contribution in [1.82, 2.24) is 15.5 Å². The molecule has 0 radical (unpaired) electrons. The van der Waals surface area contributed by atoms with Crippen molar-refractivity contribution in [1.29, 1.82) is 0 Å². The lowest BCUT2D eigenvalue weighted by Crippen LogP contribution is -2.38. The van der Waals surface area contributed by atoms with Crippen LogP contribution in [0.3, 0.4) is 0 Å². The lowest BCUT2D eigenvalue weighted by molar-refractivity contribution is -0.127. The highest BCUT2D eigenvalue weighted by atomic mass is 127. The Morgan fingerprint density at radius 3 is 2.70 bits per heavy atom. The highest BCUT2D eigenvalue weighted by Gasteiger charge is 2.04. The van der Waals surface area contributed by atoms with Crippen LogP contribution < -0.4 is 10.6 Å². The Morgan fingerprint density at radius 1 is 1.40 bits per heavy atom. The van der Waals surface area contributed by atoms with E-state index in [4.69, 9.17) is 0 Å². The number of rotatable bonds is 6. The molecule has 0 aliphatic carbocycles. The van der Waals surface area contributed by atoms with Gasteiger partial charge in [0, 0.05) is 25.5 Å². The van der Waals surface area contributed by atoms with Crippen LogP contribution in [0.5, 0.6) is 0 Å². The molecule has 0 spiro atoms. The van der Waals surface area contributed by atoms with Gasteiger partial charge in [0.1, 0.15) is 6.54 Å². The van der Waals surface area contributed by atoms with Gasteiger partial charge in [-0.25, -0.2) is 4.99 Å². The van der Waals surface area contributed by atoms with E-state index in [0.717, 1.165) is 19.5 Å². The SMILES string of the molecule is CCCNC(=NCC(=O)N(C)C)NCc1cccs1.I. The third-order valence-electron chi connectivity index (χ3n) is 2.42. The maximum atomic E-state index is 11.5. The van der Waals surface area contributed by atoms with Crippen molar-refractivity contribution in [3.8, 4) is 0 Å². The lowest BCUT2D eigenvalue weighted by atomic mass is 10.4. The van der Waals surface area contributed by atoms with E-state index in [-0.39, 0.29) is 36.4 Å². The molecular weight excluding hydrogens is 387 g/mol. The predicted octanol–water partition coefficient (Wildman–Crippen LogP) is 1.90. The first-order chi connectivity index (χ1) is 9.13. The smallest absolute Gasteiger partial charge is 0.243 e. The Labute approximate surface area is 141 Å². The van der Waals surface area contributed by atoms with E-state index in [1.54, 1.807) is 30.3 Å². The number of halogens is 1. The Bertz CT molecular complexity index is 407. The van der Waals surface area contributed by atoms with Gasteiger partial charge in [-0.15, -0.1) is 35.3 Å². The van der Waals surface area contributed by atoms with Crippen molar-refractivity contribution in [3.63, 3.8) is 0 Å². The van der Waals surface area contributed by atoms with E-state index in [0.29, 0.717) is 5.96 Å². The van der Waals surface area contributed by atoms with Gasteiger partial charge in [-0.1, -0.05) is 13.0 Å². The Morgan fingerprint density at radius 2 is 2.15 bits per heavy atom. The molecule has 20 heavy (non-hydrogen) atoms. The second-order valence-corrected chi connectivity index (χ2v) is 5.34. The molecular formula is C13H23IN4OS. The number of nitrogens with one attached hydrogen (secondary N) is 2. The van der Waals surface area contributed by atoms with Crippen molar-refractivity contribution >= 4 is 47.2 Å². The number of amides is 1. The second-order valence-electron chi connectivity index (χ2n) is 4.31. The van der Waals surface area contributed by atoms with Crippen molar-refractivity contribution in [2.75, 3.05) is 27.2 Å². The first kappa shape index (κ1) is 19.2. The number of likely N-dealkylation sites (N-methyl/N-ethyl adjacent to an activating group) is 1. The normalized spacial score (nSPS) is 10.7. The molecule has 0 aliphatic heterocycles. The van der Waals surface area contributed by atoms with Crippen LogP contribution in [0.25, 0.3) is 0 Å². The average molecular weight is 410 g/mol. The van der Waals surface area contributed by atoms with Gasteiger partial charge in [0.05, 0.1) is 6.54 Å². The summed E-state index contributed by atoms with van der Waals surface area (Å²) in [6.45, 7) is 3.82. The molecule has 5 nitrogen and oxygen atoms in total. The summed E-state index contributed by atoms with van der Waals surface area (Å²) in [5, 5.41) is 8.47. The molecule has 1 aromatic rings. The summed E-state index contributed by atoms with van der Waals surface area (Å²) < 4.78 is 0. The number of carbonyl (C=O) groups excluding carboxylic acids is 1. The van der Waals surface area contributed by atoms with Crippen LogP contribution in [0.2, 0.25) is 0 Å². The van der Waals surface area contributed by atoms with Crippen LogP contribution in [-0.4, -0.2) is 44.0 Å². The molecule has 0 atom stereocenters. The zero-order chi connectivity index (χ0) is 14.1. The number of carbonyl (C=O) groups is 1. The number of thiophene rings is 1. The van der Waals surface area contributed by atoms with E-state index < -0.39 is 0 Å². The van der Waals surface area contributed by atoms with Crippen LogP contribution >= 0.6 is 35.3 Å². The minimum Gasteiger partial charge on any atom is -0.356 e. The number of hydrogen-bond donors (Lipinski definition) is 2. The van der Waals surface area contributed by atoms with Gasteiger partial charge in [0.2, 0.25) is 5.91 Å². The Balaban J connectivity index is 0.00000361. The number of guanidine groups is 1. The molecule has 1 amide bonds. The lowest BCUT2D eigenvalue weighted by Gasteiger charge is -2.12. The zero-order valence-electron chi connectivity index (χ0n) is 12.2. The highest BCUT2D eigenvalue weighted by molar-refractivity contribution is 14.0. The molecule has 0 saturated heterocycles. The molecule has 114 valence electrons. The average Bonchev–Trinajstić information content (AvgIpc) is 2.90. The van der Waals surface area contributed by atoms with Crippen molar-refractivity contribution in [2.45, 2.75) is 19.9 Å². The molecule has 1 rings (SSSR count). The van der Waals surface area contributed by atoms with Crippen molar-refractivity contribution in [2.24, 2.45) is 4.99 Å². The molecule has 0 fully saturated rings. The summed E-state index contributed by atoms with van der Waals surface area (Å²) in [5.74, 6) is 0.680. The molecule has 0 bridgehead atoms. The topological polar surface area (TPSA) is 56.7 Å². The van der Waals surface area contributed by atoms with Crippen LogP contribution in [0.4, 0.5) is 0 Å². The van der Waals surface area contributed by atoms with E-state index >= 15 is 0 Å². The number of nitrogens with zero attached hydrogens (tertiary/aromatic N) is 2. The van der Waals surface area contributed by atoms with Crippen LogP contribution in [0.15, 0.2) is 22.5 Å². The maximum absolute atomic E-state index is 11.5. The number of hydrogen-bond acceptors (Lipinski definition) is 3. The third kappa shape index (κ3) is 7.68. The zero-order valence-corrected chi connectivity index (χ0v) is 15.3. The molecule has 0 saturated carbocycles. The minimum atomic E-state index is -0.00581.